The van der Waals surface area contributed by atoms with Crippen LogP contribution in [0.25, 0.3) is 0 Å². The third-order valence-electron chi connectivity index (χ3n) is 6.15. The van der Waals surface area contributed by atoms with Crippen molar-refractivity contribution in [2.24, 2.45) is 0 Å². The summed E-state index contributed by atoms with van der Waals surface area (Å²) >= 11 is 0. The Balaban J connectivity index is 0. The molecule has 0 N–H and O–H groups in total. The lowest BCUT2D eigenvalue weighted by molar-refractivity contribution is -0.139. The molecule has 8 nitrogen and oxygen atoms in total. The first-order valence-corrected chi connectivity index (χ1v) is 15.7. The van der Waals surface area contributed by atoms with Gasteiger partial charge >= 0.3 is 23.9 Å². The minimum absolute atomic E-state index is 0.299. The molecule has 43 heavy (non-hydrogen) atoms. The average molecular weight is 607 g/mol. The van der Waals surface area contributed by atoms with Crippen LogP contribution in [0.2, 0.25) is 0 Å². The fourth-order valence-electron chi connectivity index (χ4n) is 3.51. The van der Waals surface area contributed by atoms with Crippen LogP contribution in [0.3, 0.4) is 0 Å². The van der Waals surface area contributed by atoms with Crippen LogP contribution in [0.15, 0.2) is 48.6 Å². The Labute approximate surface area is 260 Å². The summed E-state index contributed by atoms with van der Waals surface area (Å²) in [5.74, 6) is -1.21. The molecule has 0 aromatic carbocycles. The second kappa shape index (κ2) is 28.9. The molecule has 0 aliphatic carbocycles. The Morgan fingerprint density at radius 1 is 0.326 bits per heavy atom. The fraction of sp³-hybridized carbons (Fsp3) is 0.657. The van der Waals surface area contributed by atoms with Crippen molar-refractivity contribution in [2.75, 3.05) is 26.4 Å². The molecule has 0 aromatic heterocycles. The van der Waals surface area contributed by atoms with Crippen LogP contribution in [0.1, 0.15) is 124 Å². The molecule has 246 valence electrons. The topological polar surface area (TPSA) is 105 Å². The lowest BCUT2D eigenvalue weighted by Gasteiger charge is -2.05. The maximum Gasteiger partial charge on any atom is 0.333 e. The number of carbonyl (C=O) groups excluding carboxylic acids is 4. The Kier molecular flexibility index (Phi) is 28.2. The maximum atomic E-state index is 11.1. The van der Waals surface area contributed by atoms with Gasteiger partial charge in [0.1, 0.15) is 0 Å². The van der Waals surface area contributed by atoms with E-state index >= 15 is 0 Å². The van der Waals surface area contributed by atoms with E-state index in [-0.39, 0.29) is 23.9 Å². The van der Waals surface area contributed by atoms with Crippen LogP contribution in [0, 0.1) is 0 Å². The minimum Gasteiger partial charge on any atom is -0.462 e. The summed E-state index contributed by atoms with van der Waals surface area (Å²) in [4.78, 5) is 44.5. The summed E-state index contributed by atoms with van der Waals surface area (Å²) in [6, 6.07) is 0. The molecule has 8 heteroatoms. The van der Waals surface area contributed by atoms with E-state index < -0.39 is 0 Å². The highest BCUT2D eigenvalue weighted by Crippen LogP contribution is 2.10. The van der Waals surface area contributed by atoms with Gasteiger partial charge in [-0.3, -0.25) is 0 Å². The van der Waals surface area contributed by atoms with Crippen LogP contribution in [-0.4, -0.2) is 50.3 Å². The second-order valence-corrected chi connectivity index (χ2v) is 11.0. The predicted molar refractivity (Wildman–Crippen MR) is 172 cm³/mol. The van der Waals surface area contributed by atoms with Gasteiger partial charge in [0.15, 0.2) is 0 Å². The summed E-state index contributed by atoms with van der Waals surface area (Å²) in [6.07, 6.45) is 16.1. The first-order valence-electron chi connectivity index (χ1n) is 15.7. The molecule has 0 radical (unpaired) electrons. The molecule has 0 unspecified atom stereocenters. The van der Waals surface area contributed by atoms with Gasteiger partial charge in [0.2, 0.25) is 0 Å². The number of carbonyl (C=O) groups is 4. The first-order chi connectivity index (χ1) is 20.4. The van der Waals surface area contributed by atoms with Crippen LogP contribution in [0.5, 0.6) is 0 Å². The van der Waals surface area contributed by atoms with Gasteiger partial charge in [-0.15, -0.1) is 0 Å². The Hall–Kier alpha value is -3.16. The van der Waals surface area contributed by atoms with Crippen LogP contribution in [0.4, 0.5) is 0 Å². The highest BCUT2D eigenvalue weighted by molar-refractivity contribution is 5.88. The quantitative estimate of drug-likeness (QED) is 0.0442. The third-order valence-corrected chi connectivity index (χ3v) is 6.15. The molecule has 0 saturated heterocycles. The fourth-order valence-corrected chi connectivity index (χ4v) is 3.51. The van der Waals surface area contributed by atoms with E-state index in [1.54, 1.807) is 27.7 Å². The predicted octanol–water partition coefficient (Wildman–Crippen LogP) is 8.30. The number of rotatable bonds is 25. The molecule has 0 fully saturated rings. The lowest BCUT2D eigenvalue weighted by Crippen LogP contribution is -2.06. The average Bonchev–Trinajstić information content (AvgIpc) is 2.95. The zero-order valence-electron chi connectivity index (χ0n) is 27.5. The van der Waals surface area contributed by atoms with E-state index in [0.29, 0.717) is 48.7 Å². The zero-order chi connectivity index (χ0) is 32.9. The number of hydrogen-bond donors (Lipinski definition) is 0. The molecule has 0 saturated carbocycles. The van der Waals surface area contributed by atoms with Crippen LogP contribution in [-0.2, 0) is 38.1 Å². The molecular formula is C35H58O8. The second-order valence-electron chi connectivity index (χ2n) is 11.0. The van der Waals surface area contributed by atoms with E-state index in [9.17, 15) is 19.2 Å². The monoisotopic (exact) mass is 606 g/mol. The third kappa shape index (κ3) is 30.1. The molecule has 0 amide bonds. The first kappa shape index (κ1) is 42.0. The standard InChI is InChI=1S/C18H30O4.C17H28O4/c1-15(2)17(19)21-13-11-9-7-5-6-8-10-12-14-22-18(20)16(3)4;1-14(2)16(18)20-12-10-8-6-5-7-9-11-13-21-17(19)15(3)4/h1,3,5-14H2,2,4H3;1,3,5-13H2,2,4H3. The van der Waals surface area contributed by atoms with Gasteiger partial charge in [0.25, 0.3) is 0 Å². The highest BCUT2D eigenvalue weighted by atomic mass is 16.5. The van der Waals surface area contributed by atoms with E-state index in [2.05, 4.69) is 26.3 Å². The van der Waals surface area contributed by atoms with Crippen molar-refractivity contribution in [3.05, 3.63) is 48.6 Å². The molecule has 0 aliphatic rings. The summed E-state index contributed by atoms with van der Waals surface area (Å²) in [5.41, 5.74) is 1.80. The minimum atomic E-state index is -0.306. The summed E-state index contributed by atoms with van der Waals surface area (Å²) in [7, 11) is 0. The Morgan fingerprint density at radius 3 is 0.605 bits per heavy atom. The van der Waals surface area contributed by atoms with E-state index in [1.165, 1.54) is 12.8 Å². The van der Waals surface area contributed by atoms with Crippen molar-refractivity contribution in [3.8, 4) is 0 Å². The number of esters is 4. The normalized spacial score (nSPS) is 10.0. The van der Waals surface area contributed by atoms with Gasteiger partial charge in [-0.2, -0.15) is 0 Å². The van der Waals surface area contributed by atoms with Gasteiger partial charge in [-0.25, -0.2) is 19.2 Å². The smallest absolute Gasteiger partial charge is 0.333 e. The number of hydrogen-bond acceptors (Lipinski definition) is 8. The molecule has 0 aliphatic heterocycles. The van der Waals surface area contributed by atoms with E-state index in [1.807, 2.05) is 0 Å². The van der Waals surface area contributed by atoms with Gasteiger partial charge < -0.3 is 18.9 Å². The Morgan fingerprint density at radius 2 is 0.465 bits per heavy atom. The van der Waals surface area contributed by atoms with Gasteiger partial charge in [0, 0.05) is 22.3 Å². The number of ether oxygens (including phenoxy) is 4. The lowest BCUT2D eigenvalue weighted by atomic mass is 10.1. The number of unbranched alkanes of at least 4 members (excludes halogenated alkanes) is 13. The largest absolute Gasteiger partial charge is 0.462 e. The SMILES string of the molecule is C=C(C)C(=O)OCCCCCCCCCCOC(=O)C(=C)C.C=C(C)C(=O)OCCCCCCCCCOC(=O)C(=C)C. The summed E-state index contributed by atoms with van der Waals surface area (Å²) < 4.78 is 20.1. The molecule has 0 atom stereocenters. The molecule has 0 spiro atoms. The van der Waals surface area contributed by atoms with Crippen LogP contribution >= 0.6 is 0 Å². The van der Waals surface area contributed by atoms with Gasteiger partial charge in [0.05, 0.1) is 26.4 Å². The zero-order valence-corrected chi connectivity index (χ0v) is 27.5. The van der Waals surface area contributed by atoms with Crippen molar-refractivity contribution in [2.45, 2.75) is 124 Å². The van der Waals surface area contributed by atoms with E-state index in [0.717, 1.165) is 83.5 Å². The molecule has 0 aromatic rings. The molecule has 0 rings (SSSR count). The van der Waals surface area contributed by atoms with Crippen molar-refractivity contribution in [3.63, 3.8) is 0 Å². The van der Waals surface area contributed by atoms with Crippen molar-refractivity contribution in [1.29, 1.82) is 0 Å². The van der Waals surface area contributed by atoms with Crippen molar-refractivity contribution >= 4 is 23.9 Å². The van der Waals surface area contributed by atoms with Gasteiger partial charge in [-0.1, -0.05) is 96.9 Å². The van der Waals surface area contributed by atoms with E-state index in [4.69, 9.17) is 18.9 Å². The van der Waals surface area contributed by atoms with Gasteiger partial charge in [-0.05, 0) is 53.4 Å². The maximum absolute atomic E-state index is 11.1. The van der Waals surface area contributed by atoms with Crippen LogP contribution < -0.4 is 0 Å². The molecule has 0 bridgehead atoms. The van der Waals surface area contributed by atoms with Crippen molar-refractivity contribution < 1.29 is 38.1 Å². The Bertz CT molecular complexity index is 801. The highest BCUT2D eigenvalue weighted by Gasteiger charge is 2.04. The summed E-state index contributed by atoms with van der Waals surface area (Å²) in [5, 5.41) is 0. The van der Waals surface area contributed by atoms with Crippen molar-refractivity contribution in [1.82, 2.24) is 0 Å². The molecule has 0 heterocycles. The molecular weight excluding hydrogens is 548 g/mol. The summed E-state index contributed by atoms with van der Waals surface area (Å²) in [6.45, 7) is 22.7.